The van der Waals surface area contributed by atoms with E-state index in [1.807, 2.05) is 18.7 Å². The number of thioether (sulfide) groups is 1. The van der Waals surface area contributed by atoms with Gasteiger partial charge in [-0.15, -0.1) is 11.8 Å². The fourth-order valence-corrected chi connectivity index (χ4v) is 6.76. The molecule has 22 heavy (non-hydrogen) atoms. The lowest BCUT2D eigenvalue weighted by Gasteiger charge is -2.32. The molecule has 1 heterocycles. The number of carbonyl (C=O) groups is 1. The van der Waals surface area contributed by atoms with Gasteiger partial charge in [-0.05, 0) is 31.6 Å². The van der Waals surface area contributed by atoms with Crippen LogP contribution in [0.3, 0.4) is 0 Å². The van der Waals surface area contributed by atoms with E-state index < -0.39 is 9.84 Å². The Balaban J connectivity index is 1.75. The summed E-state index contributed by atoms with van der Waals surface area (Å²) in [5.41, 5.74) is 0. The van der Waals surface area contributed by atoms with Crippen LogP contribution < -0.4 is 0 Å². The second-order valence-corrected chi connectivity index (χ2v) is 10.6. The van der Waals surface area contributed by atoms with E-state index in [2.05, 4.69) is 0 Å². The van der Waals surface area contributed by atoms with Gasteiger partial charge < -0.3 is 4.90 Å². The molecule has 0 unspecified atom stereocenters. The molecule has 2 aliphatic rings. The number of rotatable bonds is 6. The highest BCUT2D eigenvalue weighted by molar-refractivity contribution is 8.00. The summed E-state index contributed by atoms with van der Waals surface area (Å²) in [4.78, 5) is 14.1. The Kier molecular flexibility index (Phi) is 6.62. The molecule has 0 aromatic heterocycles. The van der Waals surface area contributed by atoms with Crippen LogP contribution in [0.4, 0.5) is 0 Å². The van der Waals surface area contributed by atoms with E-state index in [0.717, 1.165) is 0 Å². The predicted molar refractivity (Wildman–Crippen MR) is 92.9 cm³/mol. The predicted octanol–water partition coefficient (Wildman–Crippen LogP) is 2.72. The molecule has 0 spiro atoms. The fourth-order valence-electron chi connectivity index (χ4n) is 3.40. The van der Waals surface area contributed by atoms with Crippen molar-refractivity contribution >= 4 is 27.5 Å². The van der Waals surface area contributed by atoms with Crippen LogP contribution in [-0.2, 0) is 14.6 Å². The number of hydrogen-bond donors (Lipinski definition) is 0. The zero-order valence-corrected chi connectivity index (χ0v) is 15.4. The summed E-state index contributed by atoms with van der Waals surface area (Å²) in [6.45, 7) is 5.09. The average Bonchev–Trinajstić information content (AvgIpc) is 2.97. The van der Waals surface area contributed by atoms with Gasteiger partial charge in [-0.3, -0.25) is 4.79 Å². The van der Waals surface area contributed by atoms with E-state index >= 15 is 0 Å². The van der Waals surface area contributed by atoms with Crippen LogP contribution in [0.1, 0.15) is 52.4 Å². The number of nitrogens with zero attached hydrogens (tertiary/aromatic N) is 1. The SMILES string of the molecule is CC(C)CS(=O)(=O)C1CCN(C(=O)CSC2CCCC2)CC1. The lowest BCUT2D eigenvalue weighted by atomic mass is 10.1. The zero-order valence-electron chi connectivity index (χ0n) is 13.8. The van der Waals surface area contributed by atoms with Gasteiger partial charge in [0.15, 0.2) is 9.84 Å². The molecular weight excluding hydrogens is 318 g/mol. The highest BCUT2D eigenvalue weighted by Crippen LogP contribution is 2.30. The van der Waals surface area contributed by atoms with Crippen molar-refractivity contribution in [3.05, 3.63) is 0 Å². The van der Waals surface area contributed by atoms with Gasteiger partial charge in [0.25, 0.3) is 0 Å². The Morgan fingerprint density at radius 1 is 1.14 bits per heavy atom. The molecule has 4 nitrogen and oxygen atoms in total. The van der Waals surface area contributed by atoms with Crippen LogP contribution in [0.15, 0.2) is 0 Å². The minimum atomic E-state index is -3.00. The Morgan fingerprint density at radius 2 is 1.73 bits per heavy atom. The molecule has 1 aliphatic heterocycles. The quantitative estimate of drug-likeness (QED) is 0.741. The lowest BCUT2D eigenvalue weighted by Crippen LogP contribution is -2.44. The molecule has 0 aromatic carbocycles. The largest absolute Gasteiger partial charge is 0.342 e. The van der Waals surface area contributed by atoms with Crippen molar-refractivity contribution < 1.29 is 13.2 Å². The smallest absolute Gasteiger partial charge is 0.232 e. The number of hydrogen-bond acceptors (Lipinski definition) is 4. The topological polar surface area (TPSA) is 54.5 Å². The van der Waals surface area contributed by atoms with E-state index in [1.54, 1.807) is 11.8 Å². The van der Waals surface area contributed by atoms with Crippen molar-refractivity contribution in [2.45, 2.75) is 62.9 Å². The monoisotopic (exact) mass is 347 g/mol. The minimum Gasteiger partial charge on any atom is -0.342 e. The van der Waals surface area contributed by atoms with Crippen molar-refractivity contribution in [2.24, 2.45) is 5.92 Å². The molecular formula is C16H29NO3S2. The summed E-state index contributed by atoms with van der Waals surface area (Å²) in [6, 6.07) is 0. The van der Waals surface area contributed by atoms with Gasteiger partial charge in [-0.25, -0.2) is 8.42 Å². The third-order valence-electron chi connectivity index (χ3n) is 4.61. The molecule has 1 aliphatic carbocycles. The van der Waals surface area contributed by atoms with Gasteiger partial charge in [0.2, 0.25) is 5.91 Å². The van der Waals surface area contributed by atoms with Crippen LogP contribution in [0.2, 0.25) is 0 Å². The highest BCUT2D eigenvalue weighted by Gasteiger charge is 2.32. The number of carbonyl (C=O) groups excluding carboxylic acids is 1. The second kappa shape index (κ2) is 8.04. The summed E-state index contributed by atoms with van der Waals surface area (Å²) in [7, 11) is -3.00. The number of sulfone groups is 1. The van der Waals surface area contributed by atoms with Crippen LogP contribution in [0.5, 0.6) is 0 Å². The molecule has 6 heteroatoms. The maximum Gasteiger partial charge on any atom is 0.232 e. The second-order valence-electron chi connectivity index (χ2n) is 7.02. The highest BCUT2D eigenvalue weighted by atomic mass is 32.2. The molecule has 0 radical (unpaired) electrons. The van der Waals surface area contributed by atoms with Gasteiger partial charge in [-0.2, -0.15) is 0 Å². The van der Waals surface area contributed by atoms with Crippen molar-refractivity contribution in [3.63, 3.8) is 0 Å². The van der Waals surface area contributed by atoms with Gasteiger partial charge >= 0.3 is 0 Å². The molecule has 1 amide bonds. The average molecular weight is 348 g/mol. The maximum atomic E-state index is 12.3. The molecule has 0 N–H and O–H groups in total. The first kappa shape index (κ1) is 18.1. The first-order valence-electron chi connectivity index (χ1n) is 8.49. The van der Waals surface area contributed by atoms with Gasteiger partial charge in [0.05, 0.1) is 16.8 Å². The van der Waals surface area contributed by atoms with Crippen LogP contribution in [-0.4, -0.2) is 54.3 Å². The van der Waals surface area contributed by atoms with E-state index in [0.29, 0.717) is 36.9 Å². The molecule has 0 atom stereocenters. The summed E-state index contributed by atoms with van der Waals surface area (Å²) in [5, 5.41) is 0.411. The third kappa shape index (κ3) is 5.15. The van der Waals surface area contributed by atoms with Gasteiger partial charge in [0, 0.05) is 18.3 Å². The van der Waals surface area contributed by atoms with Crippen LogP contribution >= 0.6 is 11.8 Å². The lowest BCUT2D eigenvalue weighted by molar-refractivity contribution is -0.129. The van der Waals surface area contributed by atoms with E-state index in [-0.39, 0.29) is 22.8 Å². The Labute approximate surface area is 139 Å². The normalized spacial score (nSPS) is 21.7. The molecule has 2 rings (SSSR count). The van der Waals surface area contributed by atoms with Crippen molar-refractivity contribution in [1.82, 2.24) is 4.90 Å². The Hall–Kier alpha value is -0.230. The van der Waals surface area contributed by atoms with E-state index in [1.165, 1.54) is 25.7 Å². The Morgan fingerprint density at radius 3 is 2.27 bits per heavy atom. The first-order valence-corrected chi connectivity index (χ1v) is 11.3. The molecule has 0 aromatic rings. The van der Waals surface area contributed by atoms with Crippen molar-refractivity contribution in [2.75, 3.05) is 24.6 Å². The Bertz CT molecular complexity index is 462. The van der Waals surface area contributed by atoms with Crippen molar-refractivity contribution in [3.8, 4) is 0 Å². The summed E-state index contributed by atoms with van der Waals surface area (Å²) >= 11 is 1.79. The molecule has 2 fully saturated rings. The molecule has 1 saturated carbocycles. The minimum absolute atomic E-state index is 0.174. The summed E-state index contributed by atoms with van der Waals surface area (Å²) < 4.78 is 24.5. The number of likely N-dealkylation sites (tertiary alicyclic amines) is 1. The van der Waals surface area contributed by atoms with Crippen molar-refractivity contribution in [1.29, 1.82) is 0 Å². The van der Waals surface area contributed by atoms with E-state index in [9.17, 15) is 13.2 Å². The number of piperidine rings is 1. The molecule has 1 saturated heterocycles. The summed E-state index contributed by atoms with van der Waals surface area (Å²) in [5.74, 6) is 1.20. The first-order chi connectivity index (χ1) is 10.4. The maximum absolute atomic E-state index is 12.3. The van der Waals surface area contributed by atoms with Crippen LogP contribution in [0, 0.1) is 5.92 Å². The van der Waals surface area contributed by atoms with E-state index in [4.69, 9.17) is 0 Å². The molecule has 128 valence electrons. The molecule has 0 bridgehead atoms. The zero-order chi connectivity index (χ0) is 16.2. The number of amides is 1. The fraction of sp³-hybridized carbons (Fsp3) is 0.938. The third-order valence-corrected chi connectivity index (χ3v) is 8.59. The van der Waals surface area contributed by atoms with Crippen LogP contribution in [0.25, 0.3) is 0 Å². The van der Waals surface area contributed by atoms with Gasteiger partial charge in [0.1, 0.15) is 0 Å². The summed E-state index contributed by atoms with van der Waals surface area (Å²) in [6.07, 6.45) is 6.29. The standard InChI is InChI=1S/C16H29NO3S2/c1-13(2)12-22(19,20)15-7-9-17(10-8-15)16(18)11-21-14-5-3-4-6-14/h13-15H,3-12H2,1-2H3. The van der Waals surface area contributed by atoms with Gasteiger partial charge in [-0.1, -0.05) is 26.7 Å².